The van der Waals surface area contributed by atoms with E-state index in [4.69, 9.17) is 10.6 Å². The molecule has 2 unspecified atom stereocenters. The van der Waals surface area contributed by atoms with E-state index in [0.29, 0.717) is 17.1 Å². The highest BCUT2D eigenvalue weighted by atomic mass is 19.1. The molecule has 0 saturated heterocycles. The molecule has 5 nitrogen and oxygen atoms in total. The minimum atomic E-state index is -0.403. The van der Waals surface area contributed by atoms with E-state index >= 15 is 0 Å². The topological polar surface area (TPSA) is 72.5 Å². The van der Waals surface area contributed by atoms with Gasteiger partial charge in [-0.1, -0.05) is 24.8 Å². The van der Waals surface area contributed by atoms with E-state index in [1.54, 1.807) is 24.4 Å². The second-order valence-electron chi connectivity index (χ2n) is 5.35. The Balaban J connectivity index is 1.73. The summed E-state index contributed by atoms with van der Waals surface area (Å²) in [7, 11) is 0. The summed E-state index contributed by atoms with van der Waals surface area (Å²) in [4.78, 5) is 14.0. The van der Waals surface area contributed by atoms with E-state index in [1.807, 2.05) is 13.0 Å². The molecule has 122 valence electrons. The zero-order valence-electron chi connectivity index (χ0n) is 13.2. The van der Waals surface area contributed by atoms with Crippen LogP contribution in [0, 0.1) is 17.7 Å². The van der Waals surface area contributed by atoms with Gasteiger partial charge in [-0.2, -0.15) is 0 Å². The summed E-state index contributed by atoms with van der Waals surface area (Å²) in [6, 6.07) is 9.62. The van der Waals surface area contributed by atoms with Crippen LogP contribution >= 0.6 is 0 Å². The molecule has 3 N–H and O–H groups in total. The third-order valence-electron chi connectivity index (χ3n) is 3.55. The van der Waals surface area contributed by atoms with E-state index < -0.39 is 6.23 Å². The van der Waals surface area contributed by atoms with Crippen molar-refractivity contribution in [1.29, 1.82) is 0 Å². The molecule has 0 amide bonds. The van der Waals surface area contributed by atoms with Crippen molar-refractivity contribution >= 4 is 5.84 Å². The second-order valence-corrected chi connectivity index (χ2v) is 5.35. The number of nitrogens with two attached hydrogens (primary N) is 1. The standard InChI is InChI=1S/C18H17FN4O/c1-2-15(20)18-22-17(23-24-18)16-9-8-13(11-21-16)7-6-12-4-3-5-14(19)10-12/h3-5,8-11,15,18H,2,20H2,1H3,(H,22,23). The number of halogens is 1. The van der Waals surface area contributed by atoms with Gasteiger partial charge in [0.05, 0.1) is 6.04 Å². The number of aromatic nitrogens is 1. The van der Waals surface area contributed by atoms with Gasteiger partial charge in [-0.25, -0.2) is 19.7 Å². The van der Waals surface area contributed by atoms with Gasteiger partial charge in [0.1, 0.15) is 11.5 Å². The van der Waals surface area contributed by atoms with Gasteiger partial charge in [-0.3, -0.25) is 4.98 Å². The molecule has 2 heterocycles. The predicted octanol–water partition coefficient (Wildman–Crippen LogP) is 1.97. The fourth-order valence-corrected chi connectivity index (χ4v) is 2.12. The van der Waals surface area contributed by atoms with Gasteiger partial charge in [0.25, 0.3) is 0 Å². The molecule has 24 heavy (non-hydrogen) atoms. The van der Waals surface area contributed by atoms with Gasteiger partial charge in [0, 0.05) is 17.3 Å². The Morgan fingerprint density at radius 2 is 2.12 bits per heavy atom. The second kappa shape index (κ2) is 7.21. The fourth-order valence-electron chi connectivity index (χ4n) is 2.12. The molecule has 0 spiro atoms. The van der Waals surface area contributed by atoms with Crippen LogP contribution in [0.5, 0.6) is 0 Å². The van der Waals surface area contributed by atoms with Crippen molar-refractivity contribution in [2.45, 2.75) is 25.6 Å². The average Bonchev–Trinajstić information content (AvgIpc) is 3.10. The van der Waals surface area contributed by atoms with Crippen molar-refractivity contribution in [3.05, 3.63) is 65.2 Å². The van der Waals surface area contributed by atoms with Crippen molar-refractivity contribution in [3.8, 4) is 11.8 Å². The highest BCUT2D eigenvalue weighted by Crippen LogP contribution is 2.11. The van der Waals surface area contributed by atoms with Crippen molar-refractivity contribution in [2.24, 2.45) is 10.7 Å². The maximum absolute atomic E-state index is 13.1. The highest BCUT2D eigenvalue weighted by Gasteiger charge is 2.24. The molecule has 1 aliphatic rings. The Kier molecular flexibility index (Phi) is 4.85. The lowest BCUT2D eigenvalue weighted by Crippen LogP contribution is -2.34. The summed E-state index contributed by atoms with van der Waals surface area (Å²) in [5, 5.41) is 0. The molecule has 3 rings (SSSR count). The number of aliphatic imine (C=N–C) groups is 1. The number of nitrogens with zero attached hydrogens (tertiary/aromatic N) is 2. The van der Waals surface area contributed by atoms with E-state index in [1.165, 1.54) is 12.1 Å². The summed E-state index contributed by atoms with van der Waals surface area (Å²) < 4.78 is 13.1. The number of hydrogen-bond acceptors (Lipinski definition) is 5. The average molecular weight is 324 g/mol. The predicted molar refractivity (Wildman–Crippen MR) is 89.4 cm³/mol. The molecule has 0 bridgehead atoms. The number of benzene rings is 1. The van der Waals surface area contributed by atoms with Crippen LogP contribution in [0.1, 0.15) is 30.2 Å². The van der Waals surface area contributed by atoms with Crippen LogP contribution in [-0.2, 0) is 4.84 Å². The lowest BCUT2D eigenvalue weighted by molar-refractivity contribution is 0.0219. The molecule has 2 atom stereocenters. The first-order valence-corrected chi connectivity index (χ1v) is 7.65. The molecule has 0 aliphatic carbocycles. The Bertz CT molecular complexity index is 808. The van der Waals surface area contributed by atoms with E-state index in [9.17, 15) is 4.39 Å². The van der Waals surface area contributed by atoms with Gasteiger partial charge in [0.15, 0.2) is 12.1 Å². The van der Waals surface area contributed by atoms with Gasteiger partial charge in [-0.05, 0) is 36.8 Å². The summed E-state index contributed by atoms with van der Waals surface area (Å²) in [6.07, 6.45) is 2.00. The van der Waals surface area contributed by atoms with Gasteiger partial charge < -0.3 is 5.73 Å². The molecule has 1 aromatic heterocycles. The highest BCUT2D eigenvalue weighted by molar-refractivity contribution is 5.97. The van der Waals surface area contributed by atoms with Crippen LogP contribution in [0.2, 0.25) is 0 Å². The van der Waals surface area contributed by atoms with Gasteiger partial charge >= 0.3 is 0 Å². The molecule has 0 radical (unpaired) electrons. The van der Waals surface area contributed by atoms with E-state index in [0.717, 1.165) is 12.0 Å². The molecular weight excluding hydrogens is 307 g/mol. The maximum Gasteiger partial charge on any atom is 0.192 e. The number of hydrogen-bond donors (Lipinski definition) is 2. The number of pyridine rings is 1. The Morgan fingerprint density at radius 1 is 1.29 bits per heavy atom. The smallest absolute Gasteiger partial charge is 0.192 e. The third-order valence-corrected chi connectivity index (χ3v) is 3.55. The van der Waals surface area contributed by atoms with Crippen LogP contribution in [0.25, 0.3) is 0 Å². The summed E-state index contributed by atoms with van der Waals surface area (Å²) >= 11 is 0. The van der Waals surface area contributed by atoms with Crippen LogP contribution in [0.4, 0.5) is 4.39 Å². The monoisotopic (exact) mass is 324 g/mol. The van der Waals surface area contributed by atoms with Crippen molar-refractivity contribution in [2.75, 3.05) is 0 Å². The molecule has 0 saturated carbocycles. The Hall–Kier alpha value is -2.75. The number of hydroxylamine groups is 1. The van der Waals surface area contributed by atoms with Crippen LogP contribution in [-0.4, -0.2) is 23.1 Å². The van der Waals surface area contributed by atoms with E-state index in [2.05, 4.69) is 27.3 Å². The zero-order chi connectivity index (χ0) is 16.9. The summed E-state index contributed by atoms with van der Waals surface area (Å²) in [5.41, 5.74) is 10.7. The zero-order valence-corrected chi connectivity index (χ0v) is 13.2. The number of nitrogens with one attached hydrogen (secondary N) is 1. The Morgan fingerprint density at radius 3 is 2.83 bits per heavy atom. The third kappa shape index (κ3) is 3.77. The molecule has 0 fully saturated rings. The lowest BCUT2D eigenvalue weighted by Gasteiger charge is -2.11. The van der Waals surface area contributed by atoms with Crippen LogP contribution in [0.15, 0.2) is 47.6 Å². The lowest BCUT2D eigenvalue weighted by atomic mass is 10.2. The molecule has 2 aromatic rings. The Labute approximate surface area is 139 Å². The molecule has 1 aliphatic heterocycles. The minimum Gasteiger partial charge on any atom is -0.324 e. The molecule has 6 heteroatoms. The summed E-state index contributed by atoms with van der Waals surface area (Å²) in [5.74, 6) is 6.10. The summed E-state index contributed by atoms with van der Waals surface area (Å²) in [6.45, 7) is 1.98. The van der Waals surface area contributed by atoms with E-state index in [-0.39, 0.29) is 11.9 Å². The molecule has 1 aromatic carbocycles. The first kappa shape index (κ1) is 16.1. The fraction of sp³-hybridized carbons (Fsp3) is 0.222. The van der Waals surface area contributed by atoms with Gasteiger partial charge in [0.2, 0.25) is 0 Å². The quantitative estimate of drug-likeness (QED) is 0.847. The van der Waals surface area contributed by atoms with Crippen LogP contribution in [0.3, 0.4) is 0 Å². The first-order valence-electron chi connectivity index (χ1n) is 7.65. The largest absolute Gasteiger partial charge is 0.324 e. The number of amidine groups is 1. The van der Waals surface area contributed by atoms with Crippen LogP contribution < -0.4 is 11.2 Å². The van der Waals surface area contributed by atoms with Crippen molar-refractivity contribution < 1.29 is 9.23 Å². The maximum atomic E-state index is 13.1. The minimum absolute atomic E-state index is 0.161. The normalized spacial score (nSPS) is 17.5. The first-order chi connectivity index (χ1) is 11.7. The van der Waals surface area contributed by atoms with Crippen molar-refractivity contribution in [1.82, 2.24) is 10.5 Å². The number of rotatable bonds is 3. The van der Waals surface area contributed by atoms with Crippen molar-refractivity contribution in [3.63, 3.8) is 0 Å². The SMILES string of the molecule is CCC(N)C1N=C(c2ccc(C#Cc3cccc(F)c3)cn2)NO1. The molecular formula is C18H17FN4O. The van der Waals surface area contributed by atoms with Gasteiger partial charge in [-0.15, -0.1) is 0 Å².